The summed E-state index contributed by atoms with van der Waals surface area (Å²) in [5.41, 5.74) is 1.87. The number of rotatable bonds is 3. The van der Waals surface area contributed by atoms with Crippen molar-refractivity contribution in [2.45, 2.75) is 53.4 Å². The van der Waals surface area contributed by atoms with E-state index >= 15 is 0 Å². The maximum absolute atomic E-state index is 12.4. The minimum atomic E-state index is -0.0141. The van der Waals surface area contributed by atoms with Gasteiger partial charge in [-0.3, -0.25) is 4.79 Å². The lowest BCUT2D eigenvalue weighted by atomic mass is 9.83. The smallest absolute Gasteiger partial charge is 0.167 e. The van der Waals surface area contributed by atoms with Crippen LogP contribution in [0.2, 0.25) is 0 Å². The molecule has 0 aliphatic heterocycles. The molecule has 0 aliphatic carbocycles. The first kappa shape index (κ1) is 15.7. The molecule has 0 heterocycles. The fraction of sp³-hybridized carbons (Fsp3) is 0.588. The summed E-state index contributed by atoms with van der Waals surface area (Å²) in [7, 11) is 1.61. The first-order chi connectivity index (χ1) is 8.54. The van der Waals surface area contributed by atoms with E-state index in [0.29, 0.717) is 17.7 Å². The Bertz CT molecular complexity index is 459. The minimum Gasteiger partial charge on any atom is -0.496 e. The molecule has 0 amide bonds. The molecule has 1 rings (SSSR count). The highest BCUT2D eigenvalue weighted by Gasteiger charge is 2.22. The molecule has 2 nitrogen and oxygen atoms in total. The van der Waals surface area contributed by atoms with Crippen molar-refractivity contribution in [2.75, 3.05) is 7.11 Å². The average Bonchev–Trinajstić information content (AvgIpc) is 2.24. The number of carbonyl (C=O) groups excluding carboxylic acids is 1. The van der Waals surface area contributed by atoms with Crippen LogP contribution in [0.1, 0.15) is 63.9 Å². The molecule has 0 radical (unpaired) electrons. The van der Waals surface area contributed by atoms with Gasteiger partial charge < -0.3 is 4.74 Å². The van der Waals surface area contributed by atoms with Crippen LogP contribution in [0.5, 0.6) is 5.75 Å². The summed E-state index contributed by atoms with van der Waals surface area (Å²) in [6.07, 6.45) is 0.525. The molecule has 0 unspecified atom stereocenters. The Balaban J connectivity index is 3.20. The van der Waals surface area contributed by atoms with Gasteiger partial charge in [0.1, 0.15) is 5.75 Å². The second-order valence-electron chi connectivity index (χ2n) is 7.33. The van der Waals surface area contributed by atoms with Gasteiger partial charge in [0.2, 0.25) is 0 Å². The molecule has 19 heavy (non-hydrogen) atoms. The number of Topliss-reactive ketones (excluding diaryl/α,β-unsaturated/α-hetero) is 1. The number of methoxy groups -OCH3 is 1. The van der Waals surface area contributed by atoms with Crippen LogP contribution in [-0.4, -0.2) is 12.9 Å². The number of ether oxygens (including phenoxy) is 1. The molecule has 1 aromatic rings. The lowest BCUT2D eigenvalue weighted by molar-refractivity contribution is 0.0936. The van der Waals surface area contributed by atoms with Crippen LogP contribution >= 0.6 is 0 Å². The summed E-state index contributed by atoms with van der Waals surface area (Å²) in [5, 5.41) is 0. The van der Waals surface area contributed by atoms with Crippen molar-refractivity contribution in [2.24, 2.45) is 5.41 Å². The fourth-order valence-electron chi connectivity index (χ4n) is 1.97. The van der Waals surface area contributed by atoms with Gasteiger partial charge in [0.05, 0.1) is 12.7 Å². The summed E-state index contributed by atoms with van der Waals surface area (Å²) >= 11 is 0. The maximum atomic E-state index is 12.4. The highest BCUT2D eigenvalue weighted by atomic mass is 16.5. The number of hydrogen-bond donors (Lipinski definition) is 0. The second kappa shape index (κ2) is 5.36. The fourth-order valence-corrected chi connectivity index (χ4v) is 1.97. The Morgan fingerprint density at radius 2 is 1.68 bits per heavy atom. The Kier molecular flexibility index (Phi) is 4.44. The molecule has 0 N–H and O–H groups in total. The van der Waals surface area contributed by atoms with E-state index in [9.17, 15) is 4.79 Å². The van der Waals surface area contributed by atoms with Gasteiger partial charge in [0.25, 0.3) is 0 Å². The van der Waals surface area contributed by atoms with Crippen LogP contribution in [0.4, 0.5) is 0 Å². The largest absolute Gasteiger partial charge is 0.496 e. The van der Waals surface area contributed by atoms with Crippen molar-refractivity contribution in [3.63, 3.8) is 0 Å². The normalized spacial score (nSPS) is 12.4. The van der Waals surface area contributed by atoms with E-state index in [1.54, 1.807) is 7.11 Å². The van der Waals surface area contributed by atoms with Gasteiger partial charge in [-0.15, -0.1) is 0 Å². The Labute approximate surface area is 117 Å². The summed E-state index contributed by atoms with van der Waals surface area (Å²) in [5.74, 6) is 0.817. The van der Waals surface area contributed by atoms with Crippen molar-refractivity contribution in [3.05, 3.63) is 29.3 Å². The van der Waals surface area contributed by atoms with Crippen LogP contribution in [0, 0.1) is 5.41 Å². The molecule has 0 aromatic heterocycles. The Hall–Kier alpha value is -1.31. The van der Waals surface area contributed by atoms with Crippen molar-refractivity contribution in [1.82, 2.24) is 0 Å². The van der Waals surface area contributed by atoms with Crippen LogP contribution in [-0.2, 0) is 5.41 Å². The molecule has 0 atom stereocenters. The van der Waals surface area contributed by atoms with Gasteiger partial charge in [0, 0.05) is 6.42 Å². The zero-order valence-corrected chi connectivity index (χ0v) is 13.3. The predicted molar refractivity (Wildman–Crippen MR) is 80.1 cm³/mol. The monoisotopic (exact) mass is 262 g/mol. The third kappa shape index (κ3) is 4.38. The topological polar surface area (TPSA) is 26.3 Å². The molecule has 0 bridgehead atoms. The molecule has 0 saturated carbocycles. The van der Waals surface area contributed by atoms with Crippen molar-refractivity contribution < 1.29 is 9.53 Å². The lowest BCUT2D eigenvalue weighted by Gasteiger charge is -2.22. The van der Waals surface area contributed by atoms with Gasteiger partial charge in [-0.05, 0) is 28.5 Å². The SMILES string of the molecule is COc1ccc(C(C)(C)C)cc1C(=O)CC(C)(C)C. The van der Waals surface area contributed by atoms with Crippen molar-refractivity contribution in [1.29, 1.82) is 0 Å². The number of benzene rings is 1. The molecule has 2 heteroatoms. The average molecular weight is 262 g/mol. The Morgan fingerprint density at radius 3 is 2.11 bits per heavy atom. The van der Waals surface area contributed by atoms with Crippen LogP contribution in [0.3, 0.4) is 0 Å². The van der Waals surface area contributed by atoms with Crippen LogP contribution < -0.4 is 4.74 Å². The summed E-state index contributed by atoms with van der Waals surface area (Å²) < 4.78 is 5.33. The summed E-state index contributed by atoms with van der Waals surface area (Å²) in [6, 6.07) is 5.91. The van der Waals surface area contributed by atoms with Crippen LogP contribution in [0.15, 0.2) is 18.2 Å². The molecular formula is C17H26O2. The third-order valence-corrected chi connectivity index (χ3v) is 3.06. The summed E-state index contributed by atoms with van der Waals surface area (Å²) in [4.78, 5) is 12.4. The highest BCUT2D eigenvalue weighted by molar-refractivity contribution is 5.99. The zero-order valence-electron chi connectivity index (χ0n) is 13.3. The number of carbonyl (C=O) groups is 1. The molecule has 1 aromatic carbocycles. The molecule has 0 spiro atoms. The first-order valence-corrected chi connectivity index (χ1v) is 6.76. The van der Waals surface area contributed by atoms with Gasteiger partial charge in [0.15, 0.2) is 5.78 Å². The molecule has 0 aliphatic rings. The quantitative estimate of drug-likeness (QED) is 0.743. The Morgan fingerprint density at radius 1 is 1.11 bits per heavy atom. The van der Waals surface area contributed by atoms with Gasteiger partial charge in [-0.1, -0.05) is 47.6 Å². The van der Waals surface area contributed by atoms with Crippen molar-refractivity contribution >= 4 is 5.78 Å². The van der Waals surface area contributed by atoms with E-state index in [1.165, 1.54) is 0 Å². The van der Waals surface area contributed by atoms with E-state index in [1.807, 2.05) is 18.2 Å². The van der Waals surface area contributed by atoms with Crippen molar-refractivity contribution in [3.8, 4) is 5.75 Å². The highest BCUT2D eigenvalue weighted by Crippen LogP contribution is 2.31. The number of hydrogen-bond acceptors (Lipinski definition) is 2. The molecule has 0 fully saturated rings. The number of ketones is 1. The molecular weight excluding hydrogens is 236 g/mol. The lowest BCUT2D eigenvalue weighted by Crippen LogP contribution is -2.16. The molecule has 0 saturated heterocycles. The van der Waals surface area contributed by atoms with Gasteiger partial charge in [-0.2, -0.15) is 0 Å². The van der Waals surface area contributed by atoms with Gasteiger partial charge >= 0.3 is 0 Å². The van der Waals surface area contributed by atoms with E-state index in [4.69, 9.17) is 4.74 Å². The van der Waals surface area contributed by atoms with E-state index in [-0.39, 0.29) is 16.6 Å². The van der Waals surface area contributed by atoms with E-state index in [0.717, 1.165) is 5.56 Å². The standard InChI is InChI=1S/C17H26O2/c1-16(2,3)11-14(18)13-10-12(17(4,5)6)8-9-15(13)19-7/h8-10H,11H2,1-7H3. The summed E-state index contributed by atoms with van der Waals surface area (Å²) in [6.45, 7) is 12.7. The second-order valence-corrected chi connectivity index (χ2v) is 7.33. The van der Waals surface area contributed by atoms with Gasteiger partial charge in [-0.25, -0.2) is 0 Å². The maximum Gasteiger partial charge on any atom is 0.167 e. The predicted octanol–water partition coefficient (Wildman–Crippen LogP) is 4.61. The third-order valence-electron chi connectivity index (χ3n) is 3.06. The molecule has 106 valence electrons. The zero-order chi connectivity index (χ0) is 14.8. The van der Waals surface area contributed by atoms with E-state index in [2.05, 4.69) is 41.5 Å². The van der Waals surface area contributed by atoms with Crippen LogP contribution in [0.25, 0.3) is 0 Å². The first-order valence-electron chi connectivity index (χ1n) is 6.76. The minimum absolute atomic E-state index is 0.0141. The van der Waals surface area contributed by atoms with E-state index < -0.39 is 0 Å².